The minimum Gasteiger partial charge on any atom is -0.329 e. The first-order chi connectivity index (χ1) is 5.72. The minimum atomic E-state index is 0.213. The number of likely N-dealkylation sites (N-methyl/N-ethyl adjacent to an activating group) is 2. The van der Waals surface area contributed by atoms with Gasteiger partial charge in [0, 0.05) is 25.7 Å². The van der Waals surface area contributed by atoms with E-state index in [2.05, 4.69) is 10.6 Å². The van der Waals surface area contributed by atoms with E-state index >= 15 is 0 Å². The summed E-state index contributed by atoms with van der Waals surface area (Å²) in [4.78, 5) is 0. The maximum Gasteiger partial charge on any atom is 0.0160 e. The van der Waals surface area contributed by atoms with Gasteiger partial charge in [-0.25, -0.2) is 0 Å². The zero-order chi connectivity index (χ0) is 9.82. The summed E-state index contributed by atoms with van der Waals surface area (Å²) in [7, 11) is 3.88. The lowest BCUT2D eigenvalue weighted by atomic mass is 10.2. The number of rotatable bonds is 5. The molecule has 0 heterocycles. The lowest BCUT2D eigenvalue weighted by Crippen LogP contribution is -2.28. The molecule has 4 nitrogen and oxygen atoms in total. The summed E-state index contributed by atoms with van der Waals surface area (Å²) in [5.74, 6) is 0. The normalized spacial score (nSPS) is 11.8. The van der Waals surface area contributed by atoms with Gasteiger partial charge in [0.05, 0.1) is 0 Å². The van der Waals surface area contributed by atoms with Crippen molar-refractivity contribution in [2.24, 2.45) is 11.5 Å². The van der Waals surface area contributed by atoms with Crippen LogP contribution in [0.5, 0.6) is 0 Å². The van der Waals surface area contributed by atoms with Gasteiger partial charge in [-0.05, 0) is 20.5 Å². The largest absolute Gasteiger partial charge is 0.329 e. The monoisotopic (exact) mass is 176 g/mol. The van der Waals surface area contributed by atoms with Crippen molar-refractivity contribution in [3.05, 3.63) is 0 Å². The van der Waals surface area contributed by atoms with Crippen molar-refractivity contribution in [3.63, 3.8) is 0 Å². The van der Waals surface area contributed by atoms with Gasteiger partial charge in [-0.3, -0.25) is 0 Å². The highest BCUT2D eigenvalue weighted by atomic mass is 14.9. The summed E-state index contributed by atoms with van der Waals surface area (Å²) < 4.78 is 0. The lowest BCUT2D eigenvalue weighted by molar-refractivity contribution is 0.660. The second-order valence-corrected chi connectivity index (χ2v) is 2.61. The van der Waals surface area contributed by atoms with E-state index in [1.165, 1.54) is 0 Å². The Balaban J connectivity index is 0. The SMILES string of the molecule is CCC(N)CN.CNCCNC. The lowest BCUT2D eigenvalue weighted by Gasteiger charge is -1.99. The fourth-order valence-corrected chi connectivity index (χ4v) is 0.417. The molecule has 0 saturated heterocycles. The number of nitrogens with two attached hydrogens (primary N) is 2. The predicted octanol–water partition coefficient (Wildman–Crippen LogP) is -0.892. The van der Waals surface area contributed by atoms with Crippen LogP contribution in [-0.2, 0) is 0 Å². The number of nitrogens with one attached hydrogen (secondary N) is 2. The molecular weight excluding hydrogens is 152 g/mol. The molecule has 76 valence electrons. The molecule has 0 bridgehead atoms. The van der Waals surface area contributed by atoms with Crippen molar-refractivity contribution in [3.8, 4) is 0 Å². The molecule has 1 unspecified atom stereocenters. The molecule has 1 atom stereocenters. The molecule has 0 fully saturated rings. The highest BCUT2D eigenvalue weighted by Gasteiger charge is 1.88. The van der Waals surface area contributed by atoms with Crippen molar-refractivity contribution in [1.29, 1.82) is 0 Å². The molecule has 0 aliphatic rings. The Labute approximate surface area is 76.1 Å². The Morgan fingerprint density at radius 2 is 1.58 bits per heavy atom. The van der Waals surface area contributed by atoms with E-state index in [0.717, 1.165) is 19.5 Å². The molecule has 4 heteroatoms. The smallest absolute Gasteiger partial charge is 0.0160 e. The molecule has 0 aliphatic heterocycles. The van der Waals surface area contributed by atoms with E-state index in [0.29, 0.717) is 6.54 Å². The highest BCUT2D eigenvalue weighted by Crippen LogP contribution is 1.77. The molecule has 6 N–H and O–H groups in total. The maximum absolute atomic E-state index is 5.35. The second-order valence-electron chi connectivity index (χ2n) is 2.61. The van der Waals surface area contributed by atoms with Crippen molar-refractivity contribution in [2.45, 2.75) is 19.4 Å². The summed E-state index contributed by atoms with van der Waals surface area (Å²) >= 11 is 0. The summed E-state index contributed by atoms with van der Waals surface area (Å²) in [6.07, 6.45) is 0.983. The van der Waals surface area contributed by atoms with E-state index in [4.69, 9.17) is 11.5 Å². The summed E-state index contributed by atoms with van der Waals surface area (Å²) in [6.45, 7) is 4.74. The summed E-state index contributed by atoms with van der Waals surface area (Å²) in [5, 5.41) is 6.01. The van der Waals surface area contributed by atoms with E-state index in [1.54, 1.807) is 0 Å². The number of hydrogen-bond acceptors (Lipinski definition) is 4. The van der Waals surface area contributed by atoms with Crippen molar-refractivity contribution in [2.75, 3.05) is 33.7 Å². The van der Waals surface area contributed by atoms with Gasteiger partial charge >= 0.3 is 0 Å². The molecule has 0 saturated carbocycles. The first kappa shape index (κ1) is 14.4. The van der Waals surface area contributed by atoms with E-state index < -0.39 is 0 Å². The zero-order valence-corrected chi connectivity index (χ0v) is 8.56. The minimum absolute atomic E-state index is 0.213. The third-order valence-corrected chi connectivity index (χ3v) is 1.45. The Hall–Kier alpha value is -0.160. The topological polar surface area (TPSA) is 76.1 Å². The Morgan fingerprint density at radius 3 is 1.67 bits per heavy atom. The highest BCUT2D eigenvalue weighted by molar-refractivity contribution is 4.55. The first-order valence-electron chi connectivity index (χ1n) is 4.47. The van der Waals surface area contributed by atoms with E-state index in [-0.39, 0.29) is 6.04 Å². The fraction of sp³-hybridized carbons (Fsp3) is 1.00. The molecule has 0 amide bonds. The fourth-order valence-electron chi connectivity index (χ4n) is 0.417. The van der Waals surface area contributed by atoms with Crippen LogP contribution < -0.4 is 22.1 Å². The van der Waals surface area contributed by atoms with E-state index in [1.807, 2.05) is 21.0 Å². The quantitative estimate of drug-likeness (QED) is 0.410. The van der Waals surface area contributed by atoms with Crippen LogP contribution in [0.2, 0.25) is 0 Å². The average molecular weight is 176 g/mol. The van der Waals surface area contributed by atoms with Gasteiger partial charge in [-0.2, -0.15) is 0 Å². The van der Waals surface area contributed by atoms with E-state index in [9.17, 15) is 0 Å². The van der Waals surface area contributed by atoms with Gasteiger partial charge in [-0.1, -0.05) is 6.92 Å². The Kier molecular flexibility index (Phi) is 16.1. The molecule has 0 rings (SSSR count). The van der Waals surface area contributed by atoms with Crippen molar-refractivity contribution in [1.82, 2.24) is 10.6 Å². The summed E-state index contributed by atoms with van der Waals surface area (Å²) in [6, 6.07) is 0.213. The predicted molar refractivity (Wildman–Crippen MR) is 55.2 cm³/mol. The molecule has 12 heavy (non-hydrogen) atoms. The molecule has 0 radical (unpaired) electrons. The third kappa shape index (κ3) is 16.4. The van der Waals surface area contributed by atoms with Crippen LogP contribution in [-0.4, -0.2) is 39.8 Å². The van der Waals surface area contributed by atoms with Crippen LogP contribution in [0.3, 0.4) is 0 Å². The first-order valence-corrected chi connectivity index (χ1v) is 4.47. The van der Waals surface area contributed by atoms with Gasteiger partial charge in [-0.15, -0.1) is 0 Å². The van der Waals surface area contributed by atoms with Gasteiger partial charge in [0.1, 0.15) is 0 Å². The molecule has 0 aliphatic carbocycles. The molecule has 0 aromatic rings. The van der Waals surface area contributed by atoms with Gasteiger partial charge in [0.2, 0.25) is 0 Å². The Morgan fingerprint density at radius 1 is 1.17 bits per heavy atom. The standard InChI is InChI=1S/2C4H12N2/c1-5-3-4-6-2;1-2-4(6)3-5/h5-6H,3-4H2,1-2H3;4H,2-3,5-6H2,1H3. The molecule has 0 aromatic carbocycles. The maximum atomic E-state index is 5.35. The van der Waals surface area contributed by atoms with Crippen LogP contribution in [0.1, 0.15) is 13.3 Å². The van der Waals surface area contributed by atoms with Gasteiger partial charge in [0.25, 0.3) is 0 Å². The zero-order valence-electron chi connectivity index (χ0n) is 8.56. The van der Waals surface area contributed by atoms with Crippen molar-refractivity contribution < 1.29 is 0 Å². The molecule has 0 spiro atoms. The van der Waals surface area contributed by atoms with Crippen LogP contribution in [0, 0.1) is 0 Å². The molecule has 0 aromatic heterocycles. The van der Waals surface area contributed by atoms with Gasteiger partial charge < -0.3 is 22.1 Å². The van der Waals surface area contributed by atoms with Gasteiger partial charge in [0.15, 0.2) is 0 Å². The van der Waals surface area contributed by atoms with Crippen molar-refractivity contribution >= 4 is 0 Å². The third-order valence-electron chi connectivity index (χ3n) is 1.45. The Bertz CT molecular complexity index is 60.1. The van der Waals surface area contributed by atoms with Crippen LogP contribution in [0.4, 0.5) is 0 Å². The van der Waals surface area contributed by atoms with Crippen LogP contribution in [0.15, 0.2) is 0 Å². The summed E-state index contributed by atoms with van der Waals surface area (Å²) in [5.41, 5.74) is 10.5. The average Bonchev–Trinajstić information content (AvgIpc) is 2.14. The second kappa shape index (κ2) is 13.4. The number of hydrogen-bond donors (Lipinski definition) is 4. The van der Waals surface area contributed by atoms with Crippen LogP contribution in [0.25, 0.3) is 0 Å². The van der Waals surface area contributed by atoms with Crippen LogP contribution >= 0.6 is 0 Å². The molecular formula is C8H24N4.